The number of amides is 1. The summed E-state index contributed by atoms with van der Waals surface area (Å²) in [7, 11) is 0. The zero-order chi connectivity index (χ0) is 22.1. The molecule has 0 atom stereocenters. The summed E-state index contributed by atoms with van der Waals surface area (Å²) in [6.07, 6.45) is 1.60. The first-order valence-electron chi connectivity index (χ1n) is 9.37. The number of ketones is 1. The van der Waals surface area contributed by atoms with E-state index in [1.165, 1.54) is 6.92 Å². The van der Waals surface area contributed by atoms with Crippen molar-refractivity contribution < 1.29 is 23.9 Å². The third kappa shape index (κ3) is 7.80. The summed E-state index contributed by atoms with van der Waals surface area (Å²) in [5.41, 5.74) is 2.29. The molecule has 2 aromatic rings. The van der Waals surface area contributed by atoms with Gasteiger partial charge in [-0.15, -0.1) is 0 Å². The highest BCUT2D eigenvalue weighted by Gasteiger charge is 2.13. The zero-order valence-corrected chi connectivity index (χ0v) is 19.1. The molecule has 1 N–H and O–H groups in total. The predicted octanol–water partition coefficient (Wildman–Crippen LogP) is 4.28. The van der Waals surface area contributed by atoms with Gasteiger partial charge < -0.3 is 14.8 Å². The van der Waals surface area contributed by atoms with Crippen molar-refractivity contribution in [2.24, 2.45) is 0 Å². The molecule has 0 aliphatic rings. The van der Waals surface area contributed by atoms with Gasteiger partial charge in [0, 0.05) is 23.5 Å². The van der Waals surface area contributed by atoms with Crippen molar-refractivity contribution in [3.63, 3.8) is 0 Å². The Bertz CT molecular complexity index is 891. The molecule has 0 heterocycles. The molecule has 0 bridgehead atoms. The number of carbonyl (C=O) groups is 3. The number of Topliss-reactive ketones (excluding diaryl/α,β-unsaturated/α-hetero) is 1. The number of nitrogens with one attached hydrogen (secondary N) is 1. The fourth-order valence-electron chi connectivity index (χ4n) is 2.69. The van der Waals surface area contributed by atoms with Gasteiger partial charge in [-0.1, -0.05) is 51.8 Å². The Kier molecular flexibility index (Phi) is 9.33. The van der Waals surface area contributed by atoms with Gasteiger partial charge in [0.05, 0.1) is 5.02 Å². The third-order valence-corrected chi connectivity index (χ3v) is 4.92. The number of halogens is 2. The molecule has 0 radical (unpaired) electrons. The predicted molar refractivity (Wildman–Crippen MR) is 118 cm³/mol. The summed E-state index contributed by atoms with van der Waals surface area (Å²) in [4.78, 5) is 35.0. The van der Waals surface area contributed by atoms with Crippen molar-refractivity contribution in [2.75, 3.05) is 19.8 Å². The smallest absolute Gasteiger partial charge is 0.344 e. The molecule has 6 nitrogen and oxygen atoms in total. The quantitative estimate of drug-likeness (QED) is 0.302. The standard InChI is InChI=1S/C22H23BrClNO5/c1-14-10-18(23)11-19(24)22(14)30-13-21(28)29-12-20(27)17-7-5-16(6-8-17)4-3-9-25-15(2)26/h5-8,10-11H,3-4,9,12-13H2,1-2H3,(H,25,26). The minimum Gasteiger partial charge on any atom is -0.480 e. The highest BCUT2D eigenvalue weighted by atomic mass is 79.9. The lowest BCUT2D eigenvalue weighted by Crippen LogP contribution is -2.21. The monoisotopic (exact) mass is 495 g/mol. The average molecular weight is 497 g/mol. The van der Waals surface area contributed by atoms with Crippen molar-refractivity contribution in [1.82, 2.24) is 5.32 Å². The maximum atomic E-state index is 12.2. The number of rotatable bonds is 10. The Morgan fingerprint density at radius 1 is 1.10 bits per heavy atom. The molecular formula is C22H23BrClNO5. The largest absolute Gasteiger partial charge is 0.480 e. The number of esters is 1. The van der Waals surface area contributed by atoms with Gasteiger partial charge in [0.15, 0.2) is 19.0 Å². The molecule has 0 saturated carbocycles. The minimum atomic E-state index is -0.656. The number of benzene rings is 2. The lowest BCUT2D eigenvalue weighted by Gasteiger charge is -2.11. The van der Waals surface area contributed by atoms with Crippen molar-refractivity contribution >= 4 is 45.2 Å². The van der Waals surface area contributed by atoms with E-state index in [2.05, 4.69) is 21.2 Å². The maximum absolute atomic E-state index is 12.2. The normalized spacial score (nSPS) is 10.4. The average Bonchev–Trinajstić information content (AvgIpc) is 2.69. The van der Waals surface area contributed by atoms with Crippen LogP contribution in [-0.4, -0.2) is 37.4 Å². The molecule has 160 valence electrons. The molecule has 0 aromatic heterocycles. The van der Waals surface area contributed by atoms with Crippen LogP contribution in [0.1, 0.15) is 34.8 Å². The van der Waals surface area contributed by atoms with E-state index in [9.17, 15) is 14.4 Å². The second-order valence-electron chi connectivity index (χ2n) is 6.69. The van der Waals surface area contributed by atoms with Gasteiger partial charge in [-0.05, 0) is 43.0 Å². The Hall–Kier alpha value is -2.38. The van der Waals surface area contributed by atoms with Crippen molar-refractivity contribution in [2.45, 2.75) is 26.7 Å². The molecule has 0 unspecified atom stereocenters. The molecular weight excluding hydrogens is 474 g/mol. The van der Waals surface area contributed by atoms with Gasteiger partial charge in [-0.25, -0.2) is 4.79 Å². The Balaban J connectivity index is 1.77. The van der Waals surface area contributed by atoms with E-state index >= 15 is 0 Å². The van der Waals surface area contributed by atoms with E-state index in [1.807, 2.05) is 25.1 Å². The van der Waals surface area contributed by atoms with Gasteiger partial charge in [-0.3, -0.25) is 9.59 Å². The molecule has 2 rings (SSSR count). The van der Waals surface area contributed by atoms with E-state index in [4.69, 9.17) is 21.1 Å². The molecule has 2 aromatic carbocycles. The van der Waals surface area contributed by atoms with E-state index in [-0.39, 0.29) is 24.9 Å². The van der Waals surface area contributed by atoms with Crippen LogP contribution in [0.3, 0.4) is 0 Å². The van der Waals surface area contributed by atoms with Gasteiger partial charge in [-0.2, -0.15) is 0 Å². The molecule has 1 amide bonds. The summed E-state index contributed by atoms with van der Waals surface area (Å²) in [5.74, 6) is -0.606. The van der Waals surface area contributed by atoms with Crippen molar-refractivity contribution in [3.05, 3.63) is 62.6 Å². The first-order valence-corrected chi connectivity index (χ1v) is 10.5. The molecule has 30 heavy (non-hydrogen) atoms. The summed E-state index contributed by atoms with van der Waals surface area (Å²) in [6, 6.07) is 10.6. The van der Waals surface area contributed by atoms with Crippen molar-refractivity contribution in [1.29, 1.82) is 0 Å². The van der Waals surface area contributed by atoms with Crippen LogP contribution in [0.2, 0.25) is 5.02 Å². The van der Waals surface area contributed by atoms with Gasteiger partial charge in [0.25, 0.3) is 0 Å². The van der Waals surface area contributed by atoms with Crippen LogP contribution in [0.15, 0.2) is 40.9 Å². The second-order valence-corrected chi connectivity index (χ2v) is 8.01. The van der Waals surface area contributed by atoms with Crippen LogP contribution < -0.4 is 10.1 Å². The highest BCUT2D eigenvalue weighted by molar-refractivity contribution is 9.10. The number of aryl methyl sites for hydroxylation is 2. The van der Waals surface area contributed by atoms with Gasteiger partial charge in [0.2, 0.25) is 5.91 Å². The molecule has 0 aliphatic carbocycles. The van der Waals surface area contributed by atoms with Gasteiger partial charge >= 0.3 is 5.97 Å². The summed E-state index contributed by atoms with van der Waals surface area (Å²) in [5, 5.41) is 3.12. The Morgan fingerprint density at radius 2 is 1.80 bits per heavy atom. The van der Waals surface area contributed by atoms with E-state index in [0.717, 1.165) is 28.4 Å². The summed E-state index contributed by atoms with van der Waals surface area (Å²) < 4.78 is 11.3. The van der Waals surface area contributed by atoms with Crippen LogP contribution in [0.5, 0.6) is 5.75 Å². The first-order chi connectivity index (χ1) is 14.3. The van der Waals surface area contributed by atoms with Crippen LogP contribution in [0, 0.1) is 6.92 Å². The summed E-state index contributed by atoms with van der Waals surface area (Å²) in [6.45, 7) is 3.19. The Morgan fingerprint density at radius 3 is 2.43 bits per heavy atom. The van der Waals surface area contributed by atoms with E-state index < -0.39 is 5.97 Å². The van der Waals surface area contributed by atoms with Gasteiger partial charge in [0.1, 0.15) is 5.75 Å². The topological polar surface area (TPSA) is 81.7 Å². The van der Waals surface area contributed by atoms with E-state index in [0.29, 0.717) is 22.9 Å². The number of hydrogen-bond donors (Lipinski definition) is 1. The van der Waals surface area contributed by atoms with Crippen LogP contribution in [0.4, 0.5) is 0 Å². The maximum Gasteiger partial charge on any atom is 0.344 e. The number of carbonyl (C=O) groups excluding carboxylic acids is 3. The number of hydrogen-bond acceptors (Lipinski definition) is 5. The van der Waals surface area contributed by atoms with Crippen LogP contribution in [0.25, 0.3) is 0 Å². The minimum absolute atomic E-state index is 0.0500. The number of ether oxygens (including phenoxy) is 2. The fourth-order valence-corrected chi connectivity index (χ4v) is 3.71. The lowest BCUT2D eigenvalue weighted by atomic mass is 10.1. The highest BCUT2D eigenvalue weighted by Crippen LogP contribution is 2.31. The molecule has 8 heteroatoms. The molecule has 0 saturated heterocycles. The fraction of sp³-hybridized carbons (Fsp3) is 0.318. The second kappa shape index (κ2) is 11.7. The van der Waals surface area contributed by atoms with E-state index in [1.54, 1.807) is 18.2 Å². The lowest BCUT2D eigenvalue weighted by molar-refractivity contribution is -0.144. The first kappa shape index (κ1) is 23.9. The SMILES string of the molecule is CC(=O)NCCCc1ccc(C(=O)COC(=O)COc2c(C)cc(Br)cc2Cl)cc1. The molecule has 0 fully saturated rings. The third-order valence-electron chi connectivity index (χ3n) is 4.18. The van der Waals surface area contributed by atoms with Crippen LogP contribution in [-0.2, 0) is 20.7 Å². The zero-order valence-electron chi connectivity index (χ0n) is 16.8. The molecule has 0 spiro atoms. The summed E-state index contributed by atoms with van der Waals surface area (Å²) >= 11 is 9.44. The molecule has 0 aliphatic heterocycles. The Labute approximate surface area is 189 Å². The van der Waals surface area contributed by atoms with Crippen LogP contribution >= 0.6 is 27.5 Å². The van der Waals surface area contributed by atoms with Crippen molar-refractivity contribution in [3.8, 4) is 5.75 Å².